The lowest BCUT2D eigenvalue weighted by atomic mass is 10.1. The van der Waals surface area contributed by atoms with E-state index in [1.165, 1.54) is 0 Å². The van der Waals surface area contributed by atoms with Crippen LogP contribution < -0.4 is 15.0 Å². The molecule has 0 atom stereocenters. The number of carbonyl (C=O) groups excluding carboxylic acids is 1. The lowest BCUT2D eigenvalue weighted by Gasteiger charge is -2.35. The summed E-state index contributed by atoms with van der Waals surface area (Å²) in [6, 6.07) is 11.8. The lowest BCUT2D eigenvalue weighted by Crippen LogP contribution is -2.49. The second-order valence-corrected chi connectivity index (χ2v) is 6.52. The Labute approximate surface area is 160 Å². The third-order valence-electron chi connectivity index (χ3n) is 4.75. The van der Waals surface area contributed by atoms with Crippen molar-refractivity contribution in [3.05, 3.63) is 42.0 Å². The third-order valence-corrected chi connectivity index (χ3v) is 4.75. The molecule has 0 spiro atoms. The molecule has 144 valence electrons. The minimum atomic E-state index is 0.207. The molecule has 2 aromatic rings. The Bertz CT molecular complexity index is 725. The first-order valence-corrected chi connectivity index (χ1v) is 9.43. The summed E-state index contributed by atoms with van der Waals surface area (Å²) in [6.07, 6.45) is 1.28. The van der Waals surface area contributed by atoms with Crippen molar-refractivity contribution in [2.45, 2.75) is 19.8 Å². The summed E-state index contributed by atoms with van der Waals surface area (Å²) in [6.45, 7) is 5.86. The molecule has 1 fully saturated rings. The predicted octanol–water partition coefficient (Wildman–Crippen LogP) is 2.20. The molecule has 27 heavy (non-hydrogen) atoms. The van der Waals surface area contributed by atoms with Gasteiger partial charge in [-0.15, -0.1) is 10.2 Å². The maximum absolute atomic E-state index is 12.5. The highest BCUT2D eigenvalue weighted by molar-refractivity contribution is 5.76. The van der Waals surface area contributed by atoms with Crippen LogP contribution in [0, 0.1) is 0 Å². The first-order valence-electron chi connectivity index (χ1n) is 9.43. The normalized spacial score (nSPS) is 14.1. The standard InChI is InChI=1S/C20H27N5O2/c1-3-21-18-9-10-19(23-22-18)24-12-14-25(15-13-24)20(26)11-6-16-4-7-17(27-2)8-5-16/h4-5,7-10H,3,6,11-15H2,1-2H3,(H,21,22). The molecular formula is C20H27N5O2. The molecule has 0 saturated carbocycles. The maximum Gasteiger partial charge on any atom is 0.223 e. The van der Waals surface area contributed by atoms with Crippen molar-refractivity contribution >= 4 is 17.5 Å². The number of nitrogens with zero attached hydrogens (tertiary/aromatic N) is 4. The van der Waals surface area contributed by atoms with Gasteiger partial charge >= 0.3 is 0 Å². The molecule has 1 N–H and O–H groups in total. The highest BCUT2D eigenvalue weighted by Crippen LogP contribution is 2.16. The maximum atomic E-state index is 12.5. The number of hydrogen-bond acceptors (Lipinski definition) is 6. The second-order valence-electron chi connectivity index (χ2n) is 6.52. The van der Waals surface area contributed by atoms with Crippen molar-refractivity contribution < 1.29 is 9.53 Å². The molecular weight excluding hydrogens is 342 g/mol. The second kappa shape index (κ2) is 9.21. The van der Waals surface area contributed by atoms with E-state index in [1.54, 1.807) is 7.11 Å². The molecule has 1 aliphatic heterocycles. The van der Waals surface area contributed by atoms with E-state index in [1.807, 2.05) is 48.2 Å². The molecule has 2 heterocycles. The van der Waals surface area contributed by atoms with Crippen molar-refractivity contribution in [2.75, 3.05) is 50.1 Å². The molecule has 7 nitrogen and oxygen atoms in total. The molecule has 1 saturated heterocycles. The van der Waals surface area contributed by atoms with Gasteiger partial charge < -0.3 is 19.9 Å². The Morgan fingerprint density at radius 3 is 2.41 bits per heavy atom. The number of benzene rings is 1. The number of hydrogen-bond donors (Lipinski definition) is 1. The lowest BCUT2D eigenvalue weighted by molar-refractivity contribution is -0.131. The largest absolute Gasteiger partial charge is 0.497 e. The van der Waals surface area contributed by atoms with E-state index in [9.17, 15) is 4.79 Å². The molecule has 0 aliphatic carbocycles. The van der Waals surface area contributed by atoms with E-state index < -0.39 is 0 Å². The van der Waals surface area contributed by atoms with Gasteiger partial charge in [0, 0.05) is 39.1 Å². The number of anilines is 2. The molecule has 0 bridgehead atoms. The van der Waals surface area contributed by atoms with Gasteiger partial charge in [-0.25, -0.2) is 0 Å². The number of aryl methyl sites for hydroxylation is 1. The number of piperazine rings is 1. The fraction of sp³-hybridized carbons (Fsp3) is 0.450. The monoisotopic (exact) mass is 369 g/mol. The van der Waals surface area contributed by atoms with Gasteiger partial charge in [0.1, 0.15) is 11.6 Å². The van der Waals surface area contributed by atoms with Crippen LogP contribution in [0.1, 0.15) is 18.9 Å². The van der Waals surface area contributed by atoms with E-state index >= 15 is 0 Å². The number of amides is 1. The van der Waals surface area contributed by atoms with Gasteiger partial charge in [0.25, 0.3) is 0 Å². The average molecular weight is 369 g/mol. The zero-order chi connectivity index (χ0) is 19.1. The van der Waals surface area contributed by atoms with Gasteiger partial charge in [0.15, 0.2) is 5.82 Å². The molecule has 1 amide bonds. The smallest absolute Gasteiger partial charge is 0.223 e. The molecule has 1 aromatic heterocycles. The van der Waals surface area contributed by atoms with Crippen LogP contribution in [0.15, 0.2) is 36.4 Å². The fourth-order valence-electron chi connectivity index (χ4n) is 3.16. The van der Waals surface area contributed by atoms with Crippen LogP contribution >= 0.6 is 0 Å². The van der Waals surface area contributed by atoms with Crippen LogP contribution in [0.2, 0.25) is 0 Å². The van der Waals surface area contributed by atoms with Gasteiger partial charge in [-0.3, -0.25) is 4.79 Å². The quantitative estimate of drug-likeness (QED) is 0.807. The van der Waals surface area contributed by atoms with E-state index in [0.717, 1.165) is 62.1 Å². The summed E-state index contributed by atoms with van der Waals surface area (Å²) < 4.78 is 5.16. The number of aromatic nitrogens is 2. The number of nitrogens with one attached hydrogen (secondary N) is 1. The summed E-state index contributed by atoms with van der Waals surface area (Å²) in [5, 5.41) is 11.6. The summed E-state index contributed by atoms with van der Waals surface area (Å²) in [7, 11) is 1.65. The predicted molar refractivity (Wildman–Crippen MR) is 106 cm³/mol. The van der Waals surface area contributed by atoms with Crippen LogP contribution in [0.4, 0.5) is 11.6 Å². The van der Waals surface area contributed by atoms with Gasteiger partial charge in [-0.2, -0.15) is 0 Å². The topological polar surface area (TPSA) is 70.6 Å². The zero-order valence-corrected chi connectivity index (χ0v) is 16.0. The summed E-state index contributed by atoms with van der Waals surface area (Å²) in [5.74, 6) is 2.69. The van der Waals surface area contributed by atoms with Crippen LogP contribution in [0.3, 0.4) is 0 Å². The highest BCUT2D eigenvalue weighted by Gasteiger charge is 2.21. The van der Waals surface area contributed by atoms with E-state index in [0.29, 0.717) is 6.42 Å². The fourth-order valence-corrected chi connectivity index (χ4v) is 3.16. The van der Waals surface area contributed by atoms with Crippen LogP contribution in [0.25, 0.3) is 0 Å². The molecule has 1 aromatic carbocycles. The molecule has 7 heteroatoms. The van der Waals surface area contributed by atoms with Crippen molar-refractivity contribution in [1.29, 1.82) is 0 Å². The van der Waals surface area contributed by atoms with Crippen LogP contribution in [-0.4, -0.2) is 60.8 Å². The Kier molecular flexibility index (Phi) is 6.46. The zero-order valence-electron chi connectivity index (χ0n) is 16.0. The number of rotatable bonds is 7. The average Bonchev–Trinajstić information content (AvgIpc) is 2.73. The van der Waals surface area contributed by atoms with Crippen molar-refractivity contribution in [3.63, 3.8) is 0 Å². The molecule has 0 radical (unpaired) electrons. The number of carbonyl (C=O) groups is 1. The van der Waals surface area contributed by atoms with Gasteiger partial charge in [-0.05, 0) is 43.2 Å². The first kappa shape index (κ1) is 18.9. The minimum Gasteiger partial charge on any atom is -0.497 e. The Hall–Kier alpha value is -2.83. The van der Waals surface area contributed by atoms with Gasteiger partial charge in [-0.1, -0.05) is 12.1 Å². The van der Waals surface area contributed by atoms with Crippen LogP contribution in [0.5, 0.6) is 5.75 Å². The summed E-state index contributed by atoms with van der Waals surface area (Å²) >= 11 is 0. The summed E-state index contributed by atoms with van der Waals surface area (Å²) in [5.41, 5.74) is 1.15. The Balaban J connectivity index is 1.45. The number of methoxy groups -OCH3 is 1. The van der Waals surface area contributed by atoms with E-state index in [-0.39, 0.29) is 5.91 Å². The highest BCUT2D eigenvalue weighted by atomic mass is 16.5. The van der Waals surface area contributed by atoms with Gasteiger partial charge in [0.05, 0.1) is 7.11 Å². The van der Waals surface area contributed by atoms with Crippen LogP contribution in [-0.2, 0) is 11.2 Å². The van der Waals surface area contributed by atoms with Crippen molar-refractivity contribution in [1.82, 2.24) is 15.1 Å². The SMILES string of the molecule is CCNc1ccc(N2CCN(C(=O)CCc3ccc(OC)cc3)CC2)nn1. The summed E-state index contributed by atoms with van der Waals surface area (Å²) in [4.78, 5) is 16.6. The Morgan fingerprint density at radius 1 is 1.07 bits per heavy atom. The molecule has 1 aliphatic rings. The van der Waals surface area contributed by atoms with E-state index in [4.69, 9.17) is 4.74 Å². The molecule has 0 unspecified atom stereocenters. The first-order chi connectivity index (χ1) is 13.2. The van der Waals surface area contributed by atoms with Crippen molar-refractivity contribution in [3.8, 4) is 5.75 Å². The third kappa shape index (κ3) is 5.09. The van der Waals surface area contributed by atoms with Gasteiger partial charge in [0.2, 0.25) is 5.91 Å². The van der Waals surface area contributed by atoms with Crippen molar-refractivity contribution in [2.24, 2.45) is 0 Å². The molecule has 3 rings (SSSR count). The Morgan fingerprint density at radius 2 is 1.81 bits per heavy atom. The van der Waals surface area contributed by atoms with E-state index in [2.05, 4.69) is 20.4 Å². The number of ether oxygens (including phenoxy) is 1. The minimum absolute atomic E-state index is 0.207.